The van der Waals surface area contributed by atoms with Gasteiger partial charge in [-0.3, -0.25) is 19.2 Å². The monoisotopic (exact) mass is 1240 g/mol. The van der Waals surface area contributed by atoms with E-state index < -0.39 is 24.4 Å². The molecular weight excluding hydrogens is 1110 g/mol. The minimum Gasteiger partial charge on any atom is -1.00 e. The number of hydrogen-bond donors (Lipinski definition) is 4. The fourth-order valence-corrected chi connectivity index (χ4v) is 9.53. The van der Waals surface area contributed by atoms with Gasteiger partial charge in [0, 0.05) is 26.7 Å². The van der Waals surface area contributed by atoms with Crippen LogP contribution < -0.4 is 35.4 Å². The summed E-state index contributed by atoms with van der Waals surface area (Å²) in [5.41, 5.74) is 0. The third kappa shape index (κ3) is 56.5. The van der Waals surface area contributed by atoms with Gasteiger partial charge in [-0.05, 0) is 89.9 Å². The number of ether oxygens (including phenoxy) is 4. The van der Waals surface area contributed by atoms with Crippen molar-refractivity contribution in [1.82, 2.24) is 10.6 Å². The van der Waals surface area contributed by atoms with Crippen LogP contribution in [-0.4, -0.2) is 153 Å². The summed E-state index contributed by atoms with van der Waals surface area (Å²) in [7, 11) is 7.54. The van der Waals surface area contributed by atoms with Gasteiger partial charge in [-0.25, -0.2) is 9.59 Å². The molecule has 498 valence electrons. The van der Waals surface area contributed by atoms with Crippen LogP contribution in [-0.2, 0) is 47.7 Å². The molecule has 4 atom stereocenters. The zero-order valence-electron chi connectivity index (χ0n) is 53.1. The lowest BCUT2D eigenvalue weighted by Gasteiger charge is -2.30. The number of carbonyl (C=O) groups excluding carboxylic acids is 6. The van der Waals surface area contributed by atoms with Crippen LogP contribution in [0.3, 0.4) is 0 Å². The number of nitrogens with zero attached hydrogens (tertiary/aromatic N) is 2. The number of carbonyl (C=O) groups is 6. The highest BCUT2D eigenvalue weighted by atomic mass is 35.5. The first-order chi connectivity index (χ1) is 38.2. The molecule has 0 aromatic rings. The summed E-state index contributed by atoms with van der Waals surface area (Å²) in [6, 6.07) is 0. The number of unbranched alkanes of at least 4 members (excludes halogenated alkanes) is 22. The average molecular weight is 1240 g/mol. The maximum Gasteiger partial charge on any atom is 0.362 e. The normalized spacial score (nSPS) is 13.2. The zero-order valence-corrected chi connectivity index (χ0v) is 54.6. The Balaban J connectivity index is -0.00000520. The van der Waals surface area contributed by atoms with Gasteiger partial charge in [0.1, 0.15) is 44.7 Å². The number of allylic oxidation sites excluding steroid dienone is 2. The molecule has 0 saturated heterocycles. The summed E-state index contributed by atoms with van der Waals surface area (Å²) >= 11 is 0. The van der Waals surface area contributed by atoms with Gasteiger partial charge in [-0.2, -0.15) is 0 Å². The standard InChI is InChI=1S/C64H118N4O12.2CH4.2ClH/c1-10-13-16-17-18-19-26-31-38-45-60(65-61(73)46-39-32-27-22-20-24-29-36-41-56(71)58(43-34-14-11-2)79-63(75)52-67(6,7)48-50-77-54(4)69)66-62(74)47-40-33-28-23-21-25-30-37-42-57(72)59(44-35-15-12-3)80-64(76)53-68(8,9)49-51-78-55(5)70;;;;/h29-30,36-37,56-60,71-72H,10-28,31-35,38-53H2,1-9H3;2*1H4;2*1H. The van der Waals surface area contributed by atoms with Crippen molar-refractivity contribution in [3.63, 3.8) is 0 Å². The molecular formula is C66H128Cl2N4O12. The van der Waals surface area contributed by atoms with Crippen LogP contribution in [0, 0.1) is 0 Å². The lowest BCUT2D eigenvalue weighted by atomic mass is 10.0. The fourth-order valence-electron chi connectivity index (χ4n) is 9.53. The first-order valence-corrected chi connectivity index (χ1v) is 31.8. The number of aliphatic hydroxyl groups is 2. The minimum absolute atomic E-state index is 0. The van der Waals surface area contributed by atoms with E-state index in [-0.39, 0.29) is 108 Å². The number of hydrogen-bond acceptors (Lipinski definition) is 12. The number of rotatable bonds is 54. The molecule has 16 nitrogen and oxygen atoms in total. The highest BCUT2D eigenvalue weighted by Crippen LogP contribution is 2.19. The molecule has 0 aliphatic carbocycles. The second kappa shape index (κ2) is 58.7. The van der Waals surface area contributed by atoms with Gasteiger partial charge in [-0.15, -0.1) is 0 Å². The second-order valence-corrected chi connectivity index (χ2v) is 23.8. The molecule has 2 amide bonds. The number of halogens is 2. The average Bonchev–Trinajstić information content (AvgIpc) is 3.49. The lowest BCUT2D eigenvalue weighted by molar-refractivity contribution is -0.883. The molecule has 0 aliphatic heterocycles. The maximum atomic E-state index is 13.1. The summed E-state index contributed by atoms with van der Waals surface area (Å²) < 4.78 is 22.3. The summed E-state index contributed by atoms with van der Waals surface area (Å²) in [6.45, 7) is 10.8. The molecule has 0 radical (unpaired) electrons. The largest absolute Gasteiger partial charge is 1.00 e. The van der Waals surface area contributed by atoms with E-state index in [0.717, 1.165) is 135 Å². The van der Waals surface area contributed by atoms with Crippen molar-refractivity contribution in [2.24, 2.45) is 0 Å². The lowest BCUT2D eigenvalue weighted by Crippen LogP contribution is -3.00. The first kappa shape index (κ1) is 89.5. The number of quaternary nitrogens is 2. The predicted octanol–water partition coefficient (Wildman–Crippen LogP) is 7.09. The van der Waals surface area contributed by atoms with E-state index in [1.165, 1.54) is 58.8 Å². The molecule has 0 rings (SSSR count). The molecule has 18 heteroatoms. The van der Waals surface area contributed by atoms with E-state index in [0.29, 0.717) is 60.6 Å². The Morgan fingerprint density at radius 3 is 1.11 bits per heavy atom. The van der Waals surface area contributed by atoms with Crippen molar-refractivity contribution in [2.45, 2.75) is 298 Å². The Bertz CT molecular complexity index is 1580. The van der Waals surface area contributed by atoms with Crippen LogP contribution in [0.2, 0.25) is 0 Å². The molecule has 0 bridgehead atoms. The van der Waals surface area contributed by atoms with Gasteiger partial charge in [0.25, 0.3) is 0 Å². The van der Waals surface area contributed by atoms with E-state index >= 15 is 0 Å². The Kier molecular flexibility index (Phi) is 62.5. The van der Waals surface area contributed by atoms with Crippen LogP contribution in [0.15, 0.2) is 24.3 Å². The fraction of sp³-hybridized carbons (Fsp3) is 0.848. The molecule has 0 aliphatic rings. The van der Waals surface area contributed by atoms with Gasteiger partial charge < -0.3 is 73.6 Å². The highest BCUT2D eigenvalue weighted by Gasteiger charge is 2.29. The minimum atomic E-state index is -0.787. The van der Waals surface area contributed by atoms with Gasteiger partial charge in [0.2, 0.25) is 11.8 Å². The van der Waals surface area contributed by atoms with Crippen molar-refractivity contribution in [1.29, 1.82) is 0 Å². The first-order valence-electron chi connectivity index (χ1n) is 31.8. The molecule has 0 saturated carbocycles. The van der Waals surface area contributed by atoms with Crippen molar-refractivity contribution in [3.05, 3.63) is 24.3 Å². The van der Waals surface area contributed by atoms with Crippen molar-refractivity contribution in [3.8, 4) is 0 Å². The quantitative estimate of drug-likeness (QED) is 0.0121. The molecule has 4 unspecified atom stereocenters. The summed E-state index contributed by atoms with van der Waals surface area (Å²) in [6.07, 6.45) is 36.8. The van der Waals surface area contributed by atoms with Gasteiger partial charge >= 0.3 is 23.9 Å². The van der Waals surface area contributed by atoms with Gasteiger partial charge in [-0.1, -0.05) is 176 Å². The number of esters is 4. The maximum absolute atomic E-state index is 13.1. The van der Waals surface area contributed by atoms with E-state index in [9.17, 15) is 39.0 Å². The van der Waals surface area contributed by atoms with Crippen LogP contribution in [0.1, 0.15) is 268 Å². The highest BCUT2D eigenvalue weighted by molar-refractivity contribution is 5.79. The van der Waals surface area contributed by atoms with E-state index in [1.54, 1.807) is 0 Å². The van der Waals surface area contributed by atoms with Gasteiger partial charge in [0.15, 0.2) is 13.1 Å². The Hall–Kier alpha value is -3.28. The molecule has 4 N–H and O–H groups in total. The summed E-state index contributed by atoms with van der Waals surface area (Å²) in [5, 5.41) is 28.3. The number of nitrogens with one attached hydrogen (secondary N) is 2. The van der Waals surface area contributed by atoms with E-state index in [2.05, 4.69) is 43.6 Å². The van der Waals surface area contributed by atoms with Crippen molar-refractivity contribution in [2.75, 3.05) is 67.6 Å². The van der Waals surface area contributed by atoms with Crippen molar-refractivity contribution >= 4 is 35.7 Å². The molecule has 0 spiro atoms. The molecule has 84 heavy (non-hydrogen) atoms. The second-order valence-electron chi connectivity index (χ2n) is 23.8. The van der Waals surface area contributed by atoms with Crippen LogP contribution in [0.25, 0.3) is 0 Å². The summed E-state index contributed by atoms with van der Waals surface area (Å²) in [4.78, 5) is 74.3. The Morgan fingerprint density at radius 1 is 0.440 bits per heavy atom. The van der Waals surface area contributed by atoms with Gasteiger partial charge in [0.05, 0.1) is 40.4 Å². The topological polar surface area (TPSA) is 204 Å². The molecule has 0 aromatic heterocycles. The van der Waals surface area contributed by atoms with E-state index in [1.807, 2.05) is 40.3 Å². The van der Waals surface area contributed by atoms with Crippen LogP contribution in [0.4, 0.5) is 0 Å². The van der Waals surface area contributed by atoms with Crippen LogP contribution >= 0.6 is 0 Å². The SMILES string of the molecule is C.C.CCCCCCCCCCCC(NC(=O)CCCCCCCC=CCC(O)C(CCCCC)OC(=O)C[N+](C)(C)CCOC(C)=O)NC(=O)CCCCCCCC=CCC(O)C(CCCCC)OC(=O)C[N+](C)(C)CCOC(C)=O.[Cl-].[Cl-]. The van der Waals surface area contributed by atoms with E-state index in [4.69, 9.17) is 18.9 Å². The number of amides is 2. The molecule has 0 fully saturated rings. The zero-order chi connectivity index (χ0) is 59.7. The number of likely N-dealkylation sites (N-methyl/N-ethyl adjacent to an activating group) is 2. The Morgan fingerprint density at radius 2 is 0.750 bits per heavy atom. The van der Waals surface area contributed by atoms with Crippen molar-refractivity contribution < 1.29 is 91.7 Å². The molecule has 0 aromatic carbocycles. The molecule has 0 heterocycles. The third-order valence-corrected chi connectivity index (χ3v) is 14.6. The Labute approximate surface area is 525 Å². The third-order valence-electron chi connectivity index (χ3n) is 14.6. The number of aliphatic hydroxyl groups excluding tert-OH is 2. The van der Waals surface area contributed by atoms with Crippen LogP contribution in [0.5, 0.6) is 0 Å². The predicted molar refractivity (Wildman–Crippen MR) is 335 cm³/mol. The smallest absolute Gasteiger partial charge is 0.362 e. The summed E-state index contributed by atoms with van der Waals surface area (Å²) in [5.74, 6) is -1.48.